The van der Waals surface area contributed by atoms with Crippen LogP contribution < -0.4 is 5.32 Å². The average molecular weight is 302 g/mol. The Balaban J connectivity index is 2.57. The van der Waals surface area contributed by atoms with Gasteiger partial charge in [0.2, 0.25) is 0 Å². The fourth-order valence-corrected chi connectivity index (χ4v) is 3.16. The molecule has 0 saturated heterocycles. The number of carboxylic acid groups (broad SMARTS) is 1. The van der Waals surface area contributed by atoms with Gasteiger partial charge in [-0.1, -0.05) is 19.3 Å². The van der Waals surface area contributed by atoms with E-state index in [1.54, 1.807) is 16.7 Å². The molecule has 0 spiro atoms. The van der Waals surface area contributed by atoms with Gasteiger partial charge in [-0.15, -0.1) is 0 Å². The number of thioether (sulfide) groups is 1. The van der Waals surface area contributed by atoms with Crippen molar-refractivity contribution < 1.29 is 14.7 Å². The van der Waals surface area contributed by atoms with Gasteiger partial charge in [-0.05, 0) is 38.2 Å². The zero-order valence-electron chi connectivity index (χ0n) is 12.4. The van der Waals surface area contributed by atoms with Crippen molar-refractivity contribution >= 4 is 23.8 Å². The second-order valence-electron chi connectivity index (χ2n) is 5.20. The molecule has 0 radical (unpaired) electrons. The third-order valence-corrected chi connectivity index (χ3v) is 4.47. The van der Waals surface area contributed by atoms with E-state index in [-0.39, 0.29) is 12.1 Å². The number of carbonyl (C=O) groups is 2. The van der Waals surface area contributed by atoms with Crippen molar-refractivity contribution in [1.29, 1.82) is 0 Å². The summed E-state index contributed by atoms with van der Waals surface area (Å²) in [5.74, 6) is -0.223. The minimum atomic E-state index is -0.952. The minimum Gasteiger partial charge on any atom is -0.480 e. The maximum atomic E-state index is 12.3. The summed E-state index contributed by atoms with van der Waals surface area (Å²) >= 11 is 1.59. The number of aliphatic carboxylic acids is 1. The summed E-state index contributed by atoms with van der Waals surface area (Å²) in [4.78, 5) is 25.3. The van der Waals surface area contributed by atoms with E-state index in [2.05, 4.69) is 5.32 Å². The van der Waals surface area contributed by atoms with Crippen molar-refractivity contribution in [2.75, 3.05) is 18.6 Å². The summed E-state index contributed by atoms with van der Waals surface area (Å²) in [5.41, 5.74) is 0. The molecular weight excluding hydrogens is 276 g/mol. The van der Waals surface area contributed by atoms with E-state index in [4.69, 9.17) is 0 Å². The summed E-state index contributed by atoms with van der Waals surface area (Å²) in [6.45, 7) is 2.58. The quantitative estimate of drug-likeness (QED) is 0.758. The molecule has 0 unspecified atom stereocenters. The number of hydrogen-bond acceptors (Lipinski definition) is 3. The molecule has 5 nitrogen and oxygen atoms in total. The van der Waals surface area contributed by atoms with Crippen LogP contribution in [0.1, 0.15) is 45.4 Å². The highest BCUT2D eigenvalue weighted by molar-refractivity contribution is 7.98. The standard InChI is InChI=1S/C14H26N2O3S/c1-3-16(11-7-5-4-6-8-11)14(19)15-12(13(17)18)9-10-20-2/h11-12H,3-10H2,1-2H3,(H,15,19)(H,17,18)/t12-/m1/s1. The molecule has 0 aromatic rings. The number of nitrogens with one attached hydrogen (secondary N) is 1. The maximum absolute atomic E-state index is 12.3. The molecule has 1 saturated carbocycles. The second kappa shape index (κ2) is 9.10. The molecule has 116 valence electrons. The van der Waals surface area contributed by atoms with Crippen molar-refractivity contribution in [2.24, 2.45) is 0 Å². The van der Waals surface area contributed by atoms with Crippen molar-refractivity contribution in [2.45, 2.75) is 57.5 Å². The lowest BCUT2D eigenvalue weighted by atomic mass is 9.94. The maximum Gasteiger partial charge on any atom is 0.326 e. The van der Waals surface area contributed by atoms with E-state index in [0.717, 1.165) is 31.4 Å². The van der Waals surface area contributed by atoms with E-state index in [0.29, 0.717) is 13.0 Å². The van der Waals surface area contributed by atoms with Crippen molar-refractivity contribution in [3.63, 3.8) is 0 Å². The zero-order chi connectivity index (χ0) is 15.0. The number of carbonyl (C=O) groups excluding carboxylic acids is 1. The van der Waals surface area contributed by atoms with Gasteiger partial charge in [0.25, 0.3) is 0 Å². The molecule has 0 aliphatic heterocycles. The van der Waals surface area contributed by atoms with Gasteiger partial charge in [0, 0.05) is 12.6 Å². The summed E-state index contributed by atoms with van der Waals surface area (Å²) < 4.78 is 0. The molecule has 1 rings (SSSR count). The molecule has 1 aliphatic rings. The Morgan fingerprint density at radius 1 is 1.35 bits per heavy atom. The highest BCUT2D eigenvalue weighted by Gasteiger charge is 2.27. The largest absolute Gasteiger partial charge is 0.480 e. The van der Waals surface area contributed by atoms with Crippen LogP contribution in [0.2, 0.25) is 0 Å². The average Bonchev–Trinajstić information content (AvgIpc) is 2.45. The van der Waals surface area contributed by atoms with Crippen LogP contribution in [-0.4, -0.2) is 52.6 Å². The molecule has 0 bridgehead atoms. The third-order valence-electron chi connectivity index (χ3n) is 3.82. The van der Waals surface area contributed by atoms with E-state index in [1.165, 1.54) is 6.42 Å². The monoisotopic (exact) mass is 302 g/mol. The van der Waals surface area contributed by atoms with Crippen LogP contribution in [0.25, 0.3) is 0 Å². The van der Waals surface area contributed by atoms with E-state index in [1.807, 2.05) is 13.2 Å². The van der Waals surface area contributed by atoms with Gasteiger partial charge in [0.05, 0.1) is 0 Å². The predicted octanol–water partition coefficient (Wildman–Crippen LogP) is 2.56. The first-order valence-electron chi connectivity index (χ1n) is 7.39. The lowest BCUT2D eigenvalue weighted by Gasteiger charge is -2.34. The smallest absolute Gasteiger partial charge is 0.326 e. The fourth-order valence-electron chi connectivity index (χ4n) is 2.69. The Hall–Kier alpha value is -0.910. The summed E-state index contributed by atoms with van der Waals surface area (Å²) in [6.07, 6.45) is 8.01. The minimum absolute atomic E-state index is 0.229. The summed E-state index contributed by atoms with van der Waals surface area (Å²) in [6, 6.07) is -0.746. The lowest BCUT2D eigenvalue weighted by Crippen LogP contribution is -2.51. The Kier molecular flexibility index (Phi) is 7.80. The molecule has 1 aliphatic carbocycles. The first kappa shape index (κ1) is 17.1. The third kappa shape index (κ3) is 5.23. The van der Waals surface area contributed by atoms with Gasteiger partial charge >= 0.3 is 12.0 Å². The Labute approximate surface area is 125 Å². The Bertz CT molecular complexity index is 320. The van der Waals surface area contributed by atoms with Gasteiger partial charge in [-0.25, -0.2) is 9.59 Å². The summed E-state index contributed by atoms with van der Waals surface area (Å²) in [5, 5.41) is 11.8. The fraction of sp³-hybridized carbons (Fsp3) is 0.857. The van der Waals surface area contributed by atoms with Crippen LogP contribution in [0.15, 0.2) is 0 Å². The molecule has 0 aromatic heterocycles. The van der Waals surface area contributed by atoms with Crippen LogP contribution in [0.3, 0.4) is 0 Å². The molecule has 0 aromatic carbocycles. The number of nitrogens with zero attached hydrogens (tertiary/aromatic N) is 1. The highest BCUT2D eigenvalue weighted by atomic mass is 32.2. The molecule has 1 fully saturated rings. The van der Waals surface area contributed by atoms with E-state index >= 15 is 0 Å². The molecule has 2 N–H and O–H groups in total. The molecule has 0 heterocycles. The predicted molar refractivity (Wildman–Crippen MR) is 82.2 cm³/mol. The van der Waals surface area contributed by atoms with Crippen molar-refractivity contribution in [1.82, 2.24) is 10.2 Å². The Morgan fingerprint density at radius 3 is 2.50 bits per heavy atom. The lowest BCUT2D eigenvalue weighted by molar-refractivity contribution is -0.139. The second-order valence-corrected chi connectivity index (χ2v) is 6.19. The first-order valence-corrected chi connectivity index (χ1v) is 8.78. The number of hydrogen-bond donors (Lipinski definition) is 2. The molecular formula is C14H26N2O3S. The molecule has 6 heteroatoms. The molecule has 2 amide bonds. The molecule has 20 heavy (non-hydrogen) atoms. The van der Waals surface area contributed by atoms with Gasteiger partial charge in [0.1, 0.15) is 6.04 Å². The van der Waals surface area contributed by atoms with Crippen LogP contribution in [0.4, 0.5) is 4.79 Å². The van der Waals surface area contributed by atoms with Crippen LogP contribution in [0.5, 0.6) is 0 Å². The normalized spacial score (nSPS) is 17.5. The van der Waals surface area contributed by atoms with Crippen LogP contribution in [0, 0.1) is 0 Å². The zero-order valence-corrected chi connectivity index (χ0v) is 13.2. The Morgan fingerprint density at radius 2 is 2.00 bits per heavy atom. The number of rotatable bonds is 7. The van der Waals surface area contributed by atoms with Gasteiger partial charge in [0.15, 0.2) is 0 Å². The van der Waals surface area contributed by atoms with Crippen molar-refractivity contribution in [3.8, 4) is 0 Å². The SMILES string of the molecule is CCN(C(=O)N[C@H](CCSC)C(=O)O)C1CCCCC1. The van der Waals surface area contributed by atoms with E-state index < -0.39 is 12.0 Å². The van der Waals surface area contributed by atoms with E-state index in [9.17, 15) is 14.7 Å². The van der Waals surface area contributed by atoms with Gasteiger partial charge in [-0.3, -0.25) is 0 Å². The van der Waals surface area contributed by atoms with Gasteiger partial charge < -0.3 is 15.3 Å². The van der Waals surface area contributed by atoms with Crippen LogP contribution in [-0.2, 0) is 4.79 Å². The number of carboxylic acids is 1. The topological polar surface area (TPSA) is 69.6 Å². The van der Waals surface area contributed by atoms with Crippen molar-refractivity contribution in [3.05, 3.63) is 0 Å². The summed E-state index contributed by atoms with van der Waals surface area (Å²) in [7, 11) is 0. The molecule has 1 atom stereocenters. The van der Waals surface area contributed by atoms with Crippen LogP contribution >= 0.6 is 11.8 Å². The number of amides is 2. The van der Waals surface area contributed by atoms with Gasteiger partial charge in [-0.2, -0.15) is 11.8 Å². The highest BCUT2D eigenvalue weighted by Crippen LogP contribution is 2.22. The number of urea groups is 1. The first-order chi connectivity index (χ1) is 9.60.